The number of nitrogens with zero attached hydrogens (tertiary/aromatic N) is 1. The van der Waals surface area contributed by atoms with Crippen LogP contribution < -0.4 is 5.32 Å². The summed E-state index contributed by atoms with van der Waals surface area (Å²) in [7, 11) is 0. The lowest BCUT2D eigenvalue weighted by molar-refractivity contribution is 0.0492. The minimum Gasteiger partial charge on any atom is -0.311 e. The molecule has 0 aromatic carbocycles. The lowest BCUT2D eigenvalue weighted by Crippen LogP contribution is -2.61. The normalized spacial score (nSPS) is 35.1. The van der Waals surface area contributed by atoms with E-state index in [1.165, 1.54) is 38.8 Å². The SMILES string of the molecule is CC(C)CC1CN(C2CCC(C)(C)C2)C(C(C)C)CN1. The van der Waals surface area contributed by atoms with E-state index in [9.17, 15) is 0 Å². The highest BCUT2D eigenvalue weighted by Crippen LogP contribution is 2.41. The van der Waals surface area contributed by atoms with Gasteiger partial charge in [0.1, 0.15) is 0 Å². The Morgan fingerprint density at radius 2 is 1.90 bits per heavy atom. The largest absolute Gasteiger partial charge is 0.311 e. The van der Waals surface area contributed by atoms with Crippen LogP contribution in [0.3, 0.4) is 0 Å². The Labute approximate surface area is 126 Å². The third-order valence-corrected chi connectivity index (χ3v) is 5.41. The van der Waals surface area contributed by atoms with Crippen molar-refractivity contribution in [1.29, 1.82) is 0 Å². The third-order valence-electron chi connectivity index (χ3n) is 5.41. The summed E-state index contributed by atoms with van der Waals surface area (Å²) in [6.07, 6.45) is 5.52. The van der Waals surface area contributed by atoms with E-state index in [0.29, 0.717) is 11.5 Å². The minimum absolute atomic E-state index is 0.560. The predicted molar refractivity (Wildman–Crippen MR) is 88.0 cm³/mol. The average molecular weight is 280 g/mol. The van der Waals surface area contributed by atoms with E-state index in [4.69, 9.17) is 0 Å². The van der Waals surface area contributed by atoms with E-state index < -0.39 is 0 Å². The van der Waals surface area contributed by atoms with Gasteiger partial charge in [0.15, 0.2) is 0 Å². The second kappa shape index (κ2) is 6.36. The minimum atomic E-state index is 0.560. The Balaban J connectivity index is 2.03. The lowest BCUT2D eigenvalue weighted by Gasteiger charge is -2.46. The van der Waals surface area contributed by atoms with Crippen molar-refractivity contribution in [2.75, 3.05) is 13.1 Å². The molecule has 0 bridgehead atoms. The molecule has 1 saturated carbocycles. The Morgan fingerprint density at radius 3 is 2.40 bits per heavy atom. The summed E-state index contributed by atoms with van der Waals surface area (Å²) in [5.74, 6) is 1.55. The summed E-state index contributed by atoms with van der Waals surface area (Å²) in [5, 5.41) is 3.81. The summed E-state index contributed by atoms with van der Waals surface area (Å²) in [5.41, 5.74) is 0.560. The van der Waals surface area contributed by atoms with Gasteiger partial charge in [0.2, 0.25) is 0 Å². The Bertz CT molecular complexity index is 309. The molecule has 1 heterocycles. The van der Waals surface area contributed by atoms with Crippen molar-refractivity contribution in [3.05, 3.63) is 0 Å². The molecule has 0 aromatic heterocycles. The first-order valence-corrected chi connectivity index (χ1v) is 8.77. The highest BCUT2D eigenvalue weighted by molar-refractivity contribution is 4.96. The van der Waals surface area contributed by atoms with Gasteiger partial charge in [0, 0.05) is 31.2 Å². The summed E-state index contributed by atoms with van der Waals surface area (Å²) < 4.78 is 0. The number of piperazine rings is 1. The van der Waals surface area contributed by atoms with Crippen LogP contribution in [0.1, 0.15) is 67.2 Å². The quantitative estimate of drug-likeness (QED) is 0.840. The molecule has 20 heavy (non-hydrogen) atoms. The molecule has 1 aliphatic carbocycles. The fraction of sp³-hybridized carbons (Fsp3) is 1.00. The van der Waals surface area contributed by atoms with Gasteiger partial charge >= 0.3 is 0 Å². The highest BCUT2D eigenvalue weighted by atomic mass is 15.3. The van der Waals surface area contributed by atoms with Crippen LogP contribution in [0.5, 0.6) is 0 Å². The van der Waals surface area contributed by atoms with Crippen LogP contribution >= 0.6 is 0 Å². The molecule has 2 nitrogen and oxygen atoms in total. The van der Waals surface area contributed by atoms with E-state index in [-0.39, 0.29) is 0 Å². The molecule has 2 rings (SSSR count). The Morgan fingerprint density at radius 1 is 1.20 bits per heavy atom. The molecule has 1 aliphatic heterocycles. The van der Waals surface area contributed by atoms with Gasteiger partial charge in [-0.15, -0.1) is 0 Å². The first-order valence-electron chi connectivity index (χ1n) is 8.77. The van der Waals surface area contributed by atoms with E-state index in [1.54, 1.807) is 0 Å². The van der Waals surface area contributed by atoms with E-state index >= 15 is 0 Å². The van der Waals surface area contributed by atoms with Gasteiger partial charge in [-0.1, -0.05) is 41.5 Å². The summed E-state index contributed by atoms with van der Waals surface area (Å²) >= 11 is 0. The zero-order valence-corrected chi connectivity index (χ0v) is 14.6. The van der Waals surface area contributed by atoms with E-state index in [0.717, 1.165) is 23.9 Å². The Kier molecular flexibility index (Phi) is 5.18. The van der Waals surface area contributed by atoms with Gasteiger partial charge in [-0.25, -0.2) is 0 Å². The topological polar surface area (TPSA) is 15.3 Å². The molecule has 0 radical (unpaired) electrons. The van der Waals surface area contributed by atoms with Gasteiger partial charge < -0.3 is 5.32 Å². The van der Waals surface area contributed by atoms with Gasteiger partial charge in [0.05, 0.1) is 0 Å². The molecule has 1 N–H and O–H groups in total. The van der Waals surface area contributed by atoms with Crippen molar-refractivity contribution < 1.29 is 0 Å². The zero-order valence-electron chi connectivity index (χ0n) is 14.6. The fourth-order valence-corrected chi connectivity index (χ4v) is 4.31. The maximum absolute atomic E-state index is 3.81. The molecule has 3 unspecified atom stereocenters. The van der Waals surface area contributed by atoms with Crippen molar-refractivity contribution in [1.82, 2.24) is 10.2 Å². The van der Waals surface area contributed by atoms with Crippen LogP contribution in [0.2, 0.25) is 0 Å². The maximum atomic E-state index is 3.81. The highest BCUT2D eigenvalue weighted by Gasteiger charge is 2.40. The van der Waals surface area contributed by atoms with Gasteiger partial charge in [-0.3, -0.25) is 4.90 Å². The molecule has 2 fully saturated rings. The second-order valence-electron chi connectivity index (χ2n) is 8.80. The van der Waals surface area contributed by atoms with Crippen LogP contribution in [0, 0.1) is 17.3 Å². The van der Waals surface area contributed by atoms with Crippen molar-refractivity contribution in [3.8, 4) is 0 Å². The smallest absolute Gasteiger partial charge is 0.0247 e. The lowest BCUT2D eigenvalue weighted by atomic mass is 9.90. The number of nitrogens with one attached hydrogen (secondary N) is 1. The summed E-state index contributed by atoms with van der Waals surface area (Å²) in [6, 6.07) is 2.26. The first-order chi connectivity index (χ1) is 9.28. The monoisotopic (exact) mass is 280 g/mol. The van der Waals surface area contributed by atoms with E-state index in [2.05, 4.69) is 51.8 Å². The van der Waals surface area contributed by atoms with Crippen LogP contribution in [0.15, 0.2) is 0 Å². The van der Waals surface area contributed by atoms with Crippen molar-refractivity contribution in [2.24, 2.45) is 17.3 Å². The van der Waals surface area contributed by atoms with Gasteiger partial charge in [-0.2, -0.15) is 0 Å². The summed E-state index contributed by atoms with van der Waals surface area (Å²) in [6.45, 7) is 16.8. The van der Waals surface area contributed by atoms with Crippen molar-refractivity contribution in [3.63, 3.8) is 0 Å². The third kappa shape index (κ3) is 3.98. The first kappa shape index (κ1) is 16.3. The fourth-order valence-electron chi connectivity index (χ4n) is 4.31. The average Bonchev–Trinajstić information content (AvgIpc) is 2.68. The molecule has 1 saturated heterocycles. The standard InChI is InChI=1S/C18H36N2/c1-13(2)9-15-12-20(17(11-19-15)14(3)4)16-7-8-18(5,6)10-16/h13-17,19H,7-12H2,1-6H3. The van der Waals surface area contributed by atoms with Gasteiger partial charge in [0.25, 0.3) is 0 Å². The number of hydrogen-bond donors (Lipinski definition) is 1. The second-order valence-corrected chi connectivity index (χ2v) is 8.80. The van der Waals surface area contributed by atoms with Crippen molar-refractivity contribution >= 4 is 0 Å². The number of hydrogen-bond acceptors (Lipinski definition) is 2. The van der Waals surface area contributed by atoms with Crippen LogP contribution in [-0.2, 0) is 0 Å². The summed E-state index contributed by atoms with van der Waals surface area (Å²) in [4.78, 5) is 2.88. The molecular formula is C18H36N2. The van der Waals surface area contributed by atoms with Crippen molar-refractivity contribution in [2.45, 2.75) is 85.4 Å². The van der Waals surface area contributed by atoms with Gasteiger partial charge in [-0.05, 0) is 42.9 Å². The molecular weight excluding hydrogens is 244 g/mol. The predicted octanol–water partition coefficient (Wildman–Crippen LogP) is 3.91. The maximum Gasteiger partial charge on any atom is 0.0247 e. The molecule has 2 heteroatoms. The molecule has 0 aromatic rings. The molecule has 118 valence electrons. The van der Waals surface area contributed by atoms with Crippen LogP contribution in [-0.4, -0.2) is 36.1 Å². The molecule has 0 amide bonds. The molecule has 2 aliphatic rings. The van der Waals surface area contributed by atoms with Crippen LogP contribution in [0.25, 0.3) is 0 Å². The number of rotatable bonds is 4. The molecule has 0 spiro atoms. The Hall–Kier alpha value is -0.0800. The molecule has 3 atom stereocenters. The zero-order chi connectivity index (χ0) is 14.9. The van der Waals surface area contributed by atoms with Crippen LogP contribution in [0.4, 0.5) is 0 Å². The van der Waals surface area contributed by atoms with E-state index in [1.807, 2.05) is 0 Å².